The molecule has 0 unspecified atom stereocenters. The molecule has 0 radical (unpaired) electrons. The van der Waals surface area contributed by atoms with Gasteiger partial charge in [-0.3, -0.25) is 9.78 Å². The van der Waals surface area contributed by atoms with Crippen molar-refractivity contribution in [1.29, 1.82) is 0 Å². The first-order valence-corrected chi connectivity index (χ1v) is 5.85. The fraction of sp³-hybridized carbons (Fsp3) is 0.400. The first kappa shape index (κ1) is 16.1. The van der Waals surface area contributed by atoms with Crippen LogP contribution in [0.2, 0.25) is 0 Å². The molecule has 0 saturated carbocycles. The molecule has 0 aromatic carbocycles. The number of carbonyl (C=O) groups is 1. The molecule has 1 aromatic rings. The van der Waals surface area contributed by atoms with Crippen LogP contribution in [0.15, 0.2) is 6.20 Å². The first-order valence-electron chi connectivity index (χ1n) is 4.78. The molecule has 0 amide bonds. The highest BCUT2D eigenvalue weighted by atomic mass is 127. The molecular formula is C10H7F5INO2. The van der Waals surface area contributed by atoms with Crippen molar-refractivity contribution in [3.63, 3.8) is 0 Å². The van der Waals surface area contributed by atoms with Crippen LogP contribution in [0.1, 0.15) is 23.2 Å². The molecule has 0 aliphatic carbocycles. The predicted molar refractivity (Wildman–Crippen MR) is 62.6 cm³/mol. The Balaban J connectivity index is 3.49. The maximum absolute atomic E-state index is 12.9. The first-order chi connectivity index (χ1) is 8.68. The second kappa shape index (κ2) is 5.97. The summed E-state index contributed by atoms with van der Waals surface area (Å²) in [4.78, 5) is 14.2. The quantitative estimate of drug-likeness (QED) is 0.448. The summed E-state index contributed by atoms with van der Waals surface area (Å²) in [6.45, 7) is 0. The fourth-order valence-electron chi connectivity index (χ4n) is 1.42. The van der Waals surface area contributed by atoms with Gasteiger partial charge in [0.05, 0.1) is 13.5 Å². The Morgan fingerprint density at radius 2 is 2.05 bits per heavy atom. The van der Waals surface area contributed by atoms with Gasteiger partial charge in [-0.05, 0) is 22.6 Å². The van der Waals surface area contributed by atoms with Gasteiger partial charge in [0.1, 0.15) is 5.69 Å². The average Bonchev–Trinajstić information content (AvgIpc) is 2.26. The lowest BCUT2D eigenvalue weighted by Crippen LogP contribution is -2.18. The Kier molecular flexibility index (Phi) is 5.04. The van der Waals surface area contributed by atoms with E-state index in [0.717, 1.165) is 7.11 Å². The molecule has 0 spiro atoms. The molecule has 0 atom stereocenters. The molecule has 0 aliphatic rings. The largest absolute Gasteiger partial charge is 0.469 e. The molecule has 9 heteroatoms. The van der Waals surface area contributed by atoms with E-state index >= 15 is 0 Å². The summed E-state index contributed by atoms with van der Waals surface area (Å²) in [6.07, 6.45) is -8.27. The van der Waals surface area contributed by atoms with E-state index in [9.17, 15) is 26.7 Å². The van der Waals surface area contributed by atoms with Crippen molar-refractivity contribution in [3.8, 4) is 0 Å². The Hall–Kier alpha value is -1.00. The summed E-state index contributed by atoms with van der Waals surface area (Å²) >= 11 is 1.44. The number of hydrogen-bond acceptors (Lipinski definition) is 3. The SMILES string of the molecule is COC(=O)Cc1c(C(F)(F)F)ncc(I)c1C(F)F. The van der Waals surface area contributed by atoms with E-state index < -0.39 is 41.8 Å². The summed E-state index contributed by atoms with van der Waals surface area (Å²) in [7, 11) is 0.957. The molecule has 19 heavy (non-hydrogen) atoms. The third kappa shape index (κ3) is 3.74. The van der Waals surface area contributed by atoms with Crippen molar-refractivity contribution in [2.75, 3.05) is 7.11 Å². The van der Waals surface area contributed by atoms with E-state index in [1.807, 2.05) is 0 Å². The zero-order valence-electron chi connectivity index (χ0n) is 9.39. The van der Waals surface area contributed by atoms with Crippen molar-refractivity contribution < 1.29 is 31.5 Å². The molecule has 0 aliphatic heterocycles. The fourth-order valence-corrected chi connectivity index (χ4v) is 2.12. The number of methoxy groups -OCH3 is 1. The summed E-state index contributed by atoms with van der Waals surface area (Å²) in [5.74, 6) is -1.05. The summed E-state index contributed by atoms with van der Waals surface area (Å²) in [5.41, 5.74) is -3.18. The van der Waals surface area contributed by atoms with Gasteiger partial charge in [-0.15, -0.1) is 0 Å². The van der Waals surface area contributed by atoms with Gasteiger partial charge in [-0.25, -0.2) is 8.78 Å². The van der Waals surface area contributed by atoms with Crippen LogP contribution in [0.3, 0.4) is 0 Å². The number of ether oxygens (including phenoxy) is 1. The summed E-state index contributed by atoms with van der Waals surface area (Å²) in [5, 5.41) is 0. The van der Waals surface area contributed by atoms with E-state index in [-0.39, 0.29) is 3.57 Å². The zero-order valence-corrected chi connectivity index (χ0v) is 11.6. The number of halogens is 6. The molecule has 0 fully saturated rings. The van der Waals surface area contributed by atoms with E-state index in [2.05, 4.69) is 9.72 Å². The molecule has 0 saturated heterocycles. The molecule has 0 N–H and O–H groups in total. The minimum absolute atomic E-state index is 0.139. The van der Waals surface area contributed by atoms with Crippen LogP contribution in [0.5, 0.6) is 0 Å². The van der Waals surface area contributed by atoms with E-state index in [1.165, 1.54) is 22.6 Å². The van der Waals surface area contributed by atoms with Gasteiger partial charge in [0.2, 0.25) is 0 Å². The van der Waals surface area contributed by atoms with Crippen molar-refractivity contribution >= 4 is 28.6 Å². The van der Waals surface area contributed by atoms with E-state index in [1.54, 1.807) is 0 Å². The van der Waals surface area contributed by atoms with Crippen LogP contribution in [0.25, 0.3) is 0 Å². The molecule has 3 nitrogen and oxygen atoms in total. The van der Waals surface area contributed by atoms with E-state index in [0.29, 0.717) is 6.20 Å². The van der Waals surface area contributed by atoms with Crippen LogP contribution < -0.4 is 0 Å². The van der Waals surface area contributed by atoms with Gasteiger partial charge in [-0.1, -0.05) is 0 Å². The third-order valence-electron chi connectivity index (χ3n) is 2.21. The van der Waals surface area contributed by atoms with Crippen LogP contribution in [-0.4, -0.2) is 18.1 Å². The maximum Gasteiger partial charge on any atom is 0.433 e. The number of carbonyl (C=O) groups excluding carboxylic acids is 1. The van der Waals surface area contributed by atoms with Gasteiger partial charge in [0.25, 0.3) is 6.43 Å². The lowest BCUT2D eigenvalue weighted by molar-refractivity contribution is -0.143. The zero-order chi connectivity index (χ0) is 14.8. The topological polar surface area (TPSA) is 39.2 Å². The Morgan fingerprint density at radius 1 is 1.47 bits per heavy atom. The second-order valence-electron chi connectivity index (χ2n) is 3.40. The Bertz CT molecular complexity index is 490. The highest BCUT2D eigenvalue weighted by Gasteiger charge is 2.38. The van der Waals surface area contributed by atoms with Gasteiger partial charge >= 0.3 is 12.1 Å². The molecule has 1 heterocycles. The molecule has 1 rings (SSSR count). The van der Waals surface area contributed by atoms with Crippen molar-refractivity contribution in [3.05, 3.63) is 26.6 Å². The van der Waals surface area contributed by atoms with Crippen LogP contribution >= 0.6 is 22.6 Å². The van der Waals surface area contributed by atoms with Crippen molar-refractivity contribution in [2.45, 2.75) is 19.0 Å². The Morgan fingerprint density at radius 3 is 2.47 bits per heavy atom. The number of esters is 1. The normalized spacial score (nSPS) is 11.8. The molecular weight excluding hydrogens is 388 g/mol. The predicted octanol–water partition coefficient (Wildman–Crippen LogP) is 3.36. The van der Waals surface area contributed by atoms with Gasteiger partial charge < -0.3 is 4.74 Å². The number of aromatic nitrogens is 1. The monoisotopic (exact) mass is 395 g/mol. The lowest BCUT2D eigenvalue weighted by atomic mass is 10.0. The minimum atomic E-state index is -4.92. The van der Waals surface area contributed by atoms with Crippen LogP contribution in [0, 0.1) is 3.57 Å². The average molecular weight is 395 g/mol. The van der Waals surface area contributed by atoms with Gasteiger partial charge in [-0.2, -0.15) is 13.2 Å². The van der Waals surface area contributed by atoms with Crippen molar-refractivity contribution in [2.24, 2.45) is 0 Å². The van der Waals surface area contributed by atoms with E-state index in [4.69, 9.17) is 0 Å². The smallest absolute Gasteiger partial charge is 0.433 e. The molecule has 0 bridgehead atoms. The van der Waals surface area contributed by atoms with Gasteiger partial charge in [0, 0.05) is 20.9 Å². The van der Waals surface area contributed by atoms with Crippen LogP contribution in [0.4, 0.5) is 22.0 Å². The highest BCUT2D eigenvalue weighted by Crippen LogP contribution is 2.37. The summed E-state index contributed by atoms with van der Waals surface area (Å²) in [6, 6.07) is 0. The maximum atomic E-state index is 12.9. The molecule has 1 aromatic heterocycles. The van der Waals surface area contributed by atoms with Gasteiger partial charge in [0.15, 0.2) is 0 Å². The number of hydrogen-bond donors (Lipinski definition) is 0. The van der Waals surface area contributed by atoms with Crippen LogP contribution in [-0.2, 0) is 22.1 Å². The number of pyridine rings is 1. The van der Waals surface area contributed by atoms with Crippen molar-refractivity contribution in [1.82, 2.24) is 4.98 Å². The number of nitrogens with zero attached hydrogens (tertiary/aromatic N) is 1. The number of rotatable bonds is 3. The second-order valence-corrected chi connectivity index (χ2v) is 4.56. The standard InChI is InChI=1S/C10H7F5INO2/c1-19-6(18)2-4-7(9(11)12)5(16)3-17-8(4)10(13,14)15/h3,9H,2H2,1H3. The molecule has 106 valence electrons. The Labute approximate surface area is 118 Å². The summed E-state index contributed by atoms with van der Waals surface area (Å²) < 4.78 is 67.9. The third-order valence-corrected chi connectivity index (χ3v) is 3.07. The number of alkyl halides is 5. The lowest BCUT2D eigenvalue weighted by Gasteiger charge is -2.16. The highest BCUT2D eigenvalue weighted by molar-refractivity contribution is 14.1. The minimum Gasteiger partial charge on any atom is -0.469 e.